The Morgan fingerprint density at radius 2 is 2.11 bits per heavy atom. The van der Waals surface area contributed by atoms with Crippen molar-refractivity contribution in [1.29, 1.82) is 0 Å². The van der Waals surface area contributed by atoms with E-state index >= 15 is 0 Å². The van der Waals surface area contributed by atoms with Gasteiger partial charge >= 0.3 is 0 Å². The van der Waals surface area contributed by atoms with E-state index in [0.29, 0.717) is 22.3 Å². The van der Waals surface area contributed by atoms with Crippen LogP contribution in [0.15, 0.2) is 35.4 Å². The number of ether oxygens (including phenoxy) is 2. The van der Waals surface area contributed by atoms with Gasteiger partial charge in [-0.15, -0.1) is 0 Å². The van der Waals surface area contributed by atoms with Crippen molar-refractivity contribution < 1.29 is 19.4 Å². The first kappa shape index (κ1) is 22.0. The van der Waals surface area contributed by atoms with Crippen LogP contribution in [0, 0.1) is 10.5 Å². The molecule has 0 heterocycles. The van der Waals surface area contributed by atoms with Crippen LogP contribution in [0.2, 0.25) is 0 Å². The molecule has 0 radical (unpaired) electrons. The molecule has 2 rings (SSSR count). The number of nitrogens with zero attached hydrogens (tertiary/aromatic N) is 1. The lowest BCUT2D eigenvalue weighted by Crippen LogP contribution is -2.17. The summed E-state index contributed by atoms with van der Waals surface area (Å²) in [6.45, 7) is 4.34. The molecule has 2 N–H and O–H groups in total. The lowest BCUT2D eigenvalue weighted by atomic mass is 10.0. The number of phenols is 1. The molecule has 0 spiro atoms. The van der Waals surface area contributed by atoms with Gasteiger partial charge in [-0.2, -0.15) is 5.10 Å². The number of methoxy groups -OCH3 is 1. The van der Waals surface area contributed by atoms with Crippen molar-refractivity contribution in [3.63, 3.8) is 0 Å². The molecule has 0 aliphatic rings. The molecule has 150 valence electrons. The minimum Gasteiger partial charge on any atom is -0.504 e. The van der Waals surface area contributed by atoms with Gasteiger partial charge in [0.2, 0.25) is 5.91 Å². The molecule has 28 heavy (non-hydrogen) atoms. The van der Waals surface area contributed by atoms with Crippen molar-refractivity contribution in [3.05, 3.63) is 50.6 Å². The molecule has 6 nitrogen and oxygen atoms in total. The topological polar surface area (TPSA) is 80.2 Å². The fraction of sp³-hybridized carbons (Fsp3) is 0.333. The number of phenolic OH excluding ortho intramolecular Hbond substituents is 1. The summed E-state index contributed by atoms with van der Waals surface area (Å²) in [5.74, 6) is 1.21. The second kappa shape index (κ2) is 10.9. The van der Waals surface area contributed by atoms with E-state index in [1.54, 1.807) is 19.2 Å². The van der Waals surface area contributed by atoms with Crippen molar-refractivity contribution >= 4 is 34.7 Å². The van der Waals surface area contributed by atoms with Crippen LogP contribution in [-0.2, 0) is 11.2 Å². The van der Waals surface area contributed by atoms with Crippen LogP contribution in [0.3, 0.4) is 0 Å². The van der Waals surface area contributed by atoms with Crippen molar-refractivity contribution in [3.8, 4) is 17.2 Å². The Bertz CT molecular complexity index is 853. The molecule has 0 aromatic heterocycles. The van der Waals surface area contributed by atoms with Gasteiger partial charge < -0.3 is 14.6 Å². The summed E-state index contributed by atoms with van der Waals surface area (Å²) in [5.41, 5.74) is 5.64. The number of halogens is 1. The average molecular weight is 496 g/mol. The van der Waals surface area contributed by atoms with Gasteiger partial charge in [-0.05, 0) is 90.2 Å². The maximum absolute atomic E-state index is 12.0. The van der Waals surface area contributed by atoms with Crippen LogP contribution in [0.1, 0.15) is 36.5 Å². The third kappa shape index (κ3) is 6.40. The van der Waals surface area contributed by atoms with Gasteiger partial charge in [0, 0.05) is 6.42 Å². The van der Waals surface area contributed by atoms with Crippen molar-refractivity contribution in [1.82, 2.24) is 5.43 Å². The molecular weight excluding hydrogens is 471 g/mol. The molecule has 0 atom stereocenters. The first-order chi connectivity index (χ1) is 13.4. The zero-order valence-corrected chi connectivity index (χ0v) is 18.4. The number of amides is 1. The van der Waals surface area contributed by atoms with Crippen LogP contribution in [0.5, 0.6) is 17.2 Å². The predicted octanol–water partition coefficient (Wildman–Crippen LogP) is 4.19. The molecule has 0 unspecified atom stereocenters. The summed E-state index contributed by atoms with van der Waals surface area (Å²) in [7, 11) is 1.65. The van der Waals surface area contributed by atoms with E-state index in [-0.39, 0.29) is 11.7 Å². The Kier molecular flexibility index (Phi) is 8.56. The minimum absolute atomic E-state index is 0.109. The SMILES string of the molecule is CCOc1cc(/C=N\NC(=O)CCCc2ccc(OC)cc2C)cc(I)c1O. The number of hydrogen-bond donors (Lipinski definition) is 2. The smallest absolute Gasteiger partial charge is 0.240 e. The fourth-order valence-electron chi connectivity index (χ4n) is 2.68. The van der Waals surface area contributed by atoms with Crippen molar-refractivity contribution in [2.75, 3.05) is 13.7 Å². The Morgan fingerprint density at radius 3 is 2.79 bits per heavy atom. The summed E-state index contributed by atoms with van der Waals surface area (Å²) in [6, 6.07) is 9.41. The highest BCUT2D eigenvalue weighted by atomic mass is 127. The van der Waals surface area contributed by atoms with Crippen LogP contribution >= 0.6 is 22.6 Å². The first-order valence-corrected chi connectivity index (χ1v) is 10.1. The second-order valence-corrected chi connectivity index (χ2v) is 7.38. The van der Waals surface area contributed by atoms with Crippen molar-refractivity contribution in [2.45, 2.75) is 33.1 Å². The van der Waals surface area contributed by atoms with Gasteiger partial charge in [0.15, 0.2) is 11.5 Å². The Labute approximate surface area is 179 Å². The van der Waals surface area contributed by atoms with E-state index in [1.807, 2.05) is 54.6 Å². The number of aromatic hydroxyl groups is 1. The molecule has 2 aromatic carbocycles. The van der Waals surface area contributed by atoms with E-state index in [2.05, 4.69) is 10.5 Å². The van der Waals surface area contributed by atoms with Crippen molar-refractivity contribution in [2.24, 2.45) is 5.10 Å². The molecule has 7 heteroatoms. The summed E-state index contributed by atoms with van der Waals surface area (Å²) >= 11 is 2.02. The number of carbonyl (C=O) groups is 1. The van der Waals surface area contributed by atoms with Gasteiger partial charge in [-0.25, -0.2) is 5.43 Å². The lowest BCUT2D eigenvalue weighted by molar-refractivity contribution is -0.121. The molecule has 2 aromatic rings. The largest absolute Gasteiger partial charge is 0.504 e. The third-order valence-corrected chi connectivity index (χ3v) is 4.98. The normalized spacial score (nSPS) is 10.9. The highest BCUT2D eigenvalue weighted by Crippen LogP contribution is 2.32. The molecule has 1 amide bonds. The molecule has 0 aliphatic heterocycles. The van der Waals surface area contributed by atoms with E-state index in [4.69, 9.17) is 9.47 Å². The average Bonchev–Trinajstić information content (AvgIpc) is 2.67. The van der Waals surface area contributed by atoms with Gasteiger partial charge in [0.25, 0.3) is 0 Å². The summed E-state index contributed by atoms with van der Waals surface area (Å²) in [4.78, 5) is 12.0. The highest BCUT2D eigenvalue weighted by Gasteiger charge is 2.08. The number of nitrogens with one attached hydrogen (secondary N) is 1. The monoisotopic (exact) mass is 496 g/mol. The van der Waals surface area contributed by atoms with Gasteiger partial charge in [-0.1, -0.05) is 6.07 Å². The molecule has 0 saturated heterocycles. The third-order valence-electron chi connectivity index (χ3n) is 4.15. The van der Waals surface area contributed by atoms with Gasteiger partial charge in [0.1, 0.15) is 5.75 Å². The Morgan fingerprint density at radius 1 is 1.32 bits per heavy atom. The quantitative estimate of drug-likeness (QED) is 0.310. The first-order valence-electron chi connectivity index (χ1n) is 9.05. The standard InChI is InChI=1S/C21H25IN2O4/c1-4-28-19-12-15(11-18(22)21(19)26)13-23-24-20(25)7-5-6-16-8-9-17(27-3)10-14(16)2/h8-13,26H,4-7H2,1-3H3,(H,24,25)/b23-13-. The van der Waals surface area contributed by atoms with Gasteiger partial charge in [0.05, 0.1) is 23.5 Å². The molecular formula is C21H25IN2O4. The van der Waals surface area contributed by atoms with Crippen LogP contribution in [0.25, 0.3) is 0 Å². The molecule has 0 saturated carbocycles. The van der Waals surface area contributed by atoms with Gasteiger partial charge in [-0.3, -0.25) is 4.79 Å². The summed E-state index contributed by atoms with van der Waals surface area (Å²) in [5, 5.41) is 14.0. The number of carbonyl (C=O) groups excluding carboxylic acids is 1. The van der Waals surface area contributed by atoms with E-state index in [1.165, 1.54) is 11.8 Å². The number of hydrogen-bond acceptors (Lipinski definition) is 5. The Balaban J connectivity index is 1.84. The molecule has 0 aliphatic carbocycles. The maximum Gasteiger partial charge on any atom is 0.240 e. The number of hydrazone groups is 1. The Hall–Kier alpha value is -2.29. The van der Waals surface area contributed by atoms with Crippen LogP contribution in [-0.4, -0.2) is 30.9 Å². The highest BCUT2D eigenvalue weighted by molar-refractivity contribution is 14.1. The maximum atomic E-state index is 12.0. The number of rotatable bonds is 9. The molecule has 0 bridgehead atoms. The van der Waals surface area contributed by atoms with Crippen LogP contribution < -0.4 is 14.9 Å². The summed E-state index contributed by atoms with van der Waals surface area (Å²) < 4.78 is 11.3. The zero-order chi connectivity index (χ0) is 20.5. The lowest BCUT2D eigenvalue weighted by Gasteiger charge is -2.08. The predicted molar refractivity (Wildman–Crippen MR) is 118 cm³/mol. The summed E-state index contributed by atoms with van der Waals surface area (Å²) in [6.07, 6.45) is 3.48. The van der Waals surface area contributed by atoms with E-state index in [0.717, 1.165) is 29.7 Å². The minimum atomic E-state index is -0.138. The number of aryl methyl sites for hydroxylation is 2. The molecule has 0 fully saturated rings. The zero-order valence-electron chi connectivity index (χ0n) is 16.3. The number of benzene rings is 2. The fourth-order valence-corrected chi connectivity index (χ4v) is 3.31. The second-order valence-electron chi connectivity index (χ2n) is 6.22. The van der Waals surface area contributed by atoms with E-state index < -0.39 is 0 Å². The van der Waals surface area contributed by atoms with E-state index in [9.17, 15) is 9.90 Å². The van der Waals surface area contributed by atoms with Crippen LogP contribution in [0.4, 0.5) is 0 Å².